The third-order valence-corrected chi connectivity index (χ3v) is 1.88. The van der Waals surface area contributed by atoms with Gasteiger partial charge in [-0.1, -0.05) is 0 Å². The second-order valence-corrected chi connectivity index (χ2v) is 3.42. The van der Waals surface area contributed by atoms with Crippen LogP contribution in [-0.2, 0) is 14.3 Å². The average molecular weight is 187 g/mol. The zero-order valence-corrected chi connectivity index (χ0v) is 8.28. The minimum atomic E-state index is -0.129. The molecule has 1 heterocycles. The zero-order chi connectivity index (χ0) is 9.68. The van der Waals surface area contributed by atoms with Crippen molar-refractivity contribution >= 4 is 5.97 Å². The fourth-order valence-corrected chi connectivity index (χ4v) is 1.20. The molecule has 4 heteroatoms. The van der Waals surface area contributed by atoms with Crippen LogP contribution in [0.2, 0.25) is 0 Å². The highest BCUT2D eigenvalue weighted by Crippen LogP contribution is 1.98. The molecule has 1 rings (SSSR count). The fourth-order valence-electron chi connectivity index (χ4n) is 1.20. The SMILES string of the molecule is CC(C)OCCN1CCOC(=O)C1. The van der Waals surface area contributed by atoms with Crippen LogP contribution in [0.3, 0.4) is 0 Å². The molecule has 1 saturated heterocycles. The second kappa shape index (κ2) is 5.19. The van der Waals surface area contributed by atoms with Crippen LogP contribution >= 0.6 is 0 Å². The van der Waals surface area contributed by atoms with Crippen molar-refractivity contribution < 1.29 is 14.3 Å². The van der Waals surface area contributed by atoms with Gasteiger partial charge in [0.05, 0.1) is 19.3 Å². The summed E-state index contributed by atoms with van der Waals surface area (Å²) in [4.78, 5) is 12.9. The summed E-state index contributed by atoms with van der Waals surface area (Å²) in [5.41, 5.74) is 0. The van der Waals surface area contributed by atoms with E-state index in [0.717, 1.165) is 13.1 Å². The Hall–Kier alpha value is -0.610. The molecule has 0 N–H and O–H groups in total. The summed E-state index contributed by atoms with van der Waals surface area (Å²) in [6.45, 7) is 7.25. The minimum absolute atomic E-state index is 0.129. The number of nitrogens with zero attached hydrogens (tertiary/aromatic N) is 1. The van der Waals surface area contributed by atoms with Crippen molar-refractivity contribution in [2.45, 2.75) is 20.0 Å². The van der Waals surface area contributed by atoms with E-state index >= 15 is 0 Å². The Morgan fingerprint density at radius 1 is 1.62 bits per heavy atom. The van der Waals surface area contributed by atoms with Crippen molar-refractivity contribution in [1.29, 1.82) is 0 Å². The van der Waals surface area contributed by atoms with Gasteiger partial charge in [-0.3, -0.25) is 9.69 Å². The molecule has 1 aliphatic heterocycles. The van der Waals surface area contributed by atoms with Crippen molar-refractivity contribution in [3.05, 3.63) is 0 Å². The maximum Gasteiger partial charge on any atom is 0.320 e. The number of esters is 1. The van der Waals surface area contributed by atoms with E-state index in [4.69, 9.17) is 9.47 Å². The highest BCUT2D eigenvalue weighted by atomic mass is 16.5. The predicted molar refractivity (Wildman–Crippen MR) is 48.5 cm³/mol. The average Bonchev–Trinajstić information content (AvgIpc) is 2.03. The van der Waals surface area contributed by atoms with Crippen molar-refractivity contribution in [3.63, 3.8) is 0 Å². The van der Waals surface area contributed by atoms with Crippen LogP contribution in [0.4, 0.5) is 0 Å². The summed E-state index contributed by atoms with van der Waals surface area (Å²) in [5.74, 6) is -0.129. The molecule has 0 aliphatic carbocycles. The van der Waals surface area contributed by atoms with Gasteiger partial charge in [-0.2, -0.15) is 0 Å². The van der Waals surface area contributed by atoms with Crippen LogP contribution in [0, 0.1) is 0 Å². The highest BCUT2D eigenvalue weighted by molar-refractivity contribution is 5.72. The van der Waals surface area contributed by atoms with Crippen LogP contribution in [0.15, 0.2) is 0 Å². The van der Waals surface area contributed by atoms with Crippen molar-refractivity contribution in [2.75, 3.05) is 32.8 Å². The maximum atomic E-state index is 10.9. The molecule has 4 nitrogen and oxygen atoms in total. The summed E-state index contributed by atoms with van der Waals surface area (Å²) in [6.07, 6.45) is 0.261. The van der Waals surface area contributed by atoms with E-state index in [2.05, 4.69) is 0 Å². The molecule has 0 amide bonds. The molecule has 0 spiro atoms. The zero-order valence-electron chi connectivity index (χ0n) is 8.28. The largest absolute Gasteiger partial charge is 0.463 e. The number of rotatable bonds is 4. The Labute approximate surface area is 78.8 Å². The Bertz CT molecular complexity index is 170. The normalized spacial score (nSPS) is 19.2. The first-order valence-electron chi connectivity index (χ1n) is 4.68. The molecule has 13 heavy (non-hydrogen) atoms. The van der Waals surface area contributed by atoms with E-state index in [-0.39, 0.29) is 12.1 Å². The molecule has 1 fully saturated rings. The molecule has 0 saturated carbocycles. The van der Waals surface area contributed by atoms with Crippen LogP contribution in [0.25, 0.3) is 0 Å². The third-order valence-electron chi connectivity index (χ3n) is 1.88. The second-order valence-electron chi connectivity index (χ2n) is 3.42. The van der Waals surface area contributed by atoms with Crippen LogP contribution in [0.1, 0.15) is 13.8 Å². The van der Waals surface area contributed by atoms with E-state index in [1.165, 1.54) is 0 Å². The Kier molecular flexibility index (Phi) is 4.18. The lowest BCUT2D eigenvalue weighted by Gasteiger charge is -2.25. The van der Waals surface area contributed by atoms with Gasteiger partial charge < -0.3 is 9.47 Å². The summed E-state index contributed by atoms with van der Waals surface area (Å²) in [6, 6.07) is 0. The summed E-state index contributed by atoms with van der Waals surface area (Å²) in [7, 11) is 0. The van der Waals surface area contributed by atoms with E-state index in [9.17, 15) is 4.79 Å². The quantitative estimate of drug-likeness (QED) is 0.592. The van der Waals surface area contributed by atoms with Crippen LogP contribution in [0.5, 0.6) is 0 Å². The number of carbonyl (C=O) groups excluding carboxylic acids is 1. The van der Waals surface area contributed by atoms with E-state index in [1.54, 1.807) is 0 Å². The Morgan fingerprint density at radius 2 is 2.38 bits per heavy atom. The molecule has 0 unspecified atom stereocenters. The smallest absolute Gasteiger partial charge is 0.320 e. The van der Waals surface area contributed by atoms with Gasteiger partial charge in [-0.25, -0.2) is 0 Å². The molecule has 0 atom stereocenters. The molecule has 0 aromatic heterocycles. The third kappa shape index (κ3) is 4.24. The van der Waals surface area contributed by atoms with Gasteiger partial charge in [0.2, 0.25) is 0 Å². The molecular weight excluding hydrogens is 170 g/mol. The number of morpholine rings is 1. The topological polar surface area (TPSA) is 38.8 Å². The maximum absolute atomic E-state index is 10.9. The molecule has 0 bridgehead atoms. The van der Waals surface area contributed by atoms with Crippen molar-refractivity contribution in [2.24, 2.45) is 0 Å². The predicted octanol–water partition coefficient (Wildman–Crippen LogP) is 0.270. The minimum Gasteiger partial charge on any atom is -0.463 e. The highest BCUT2D eigenvalue weighted by Gasteiger charge is 2.16. The van der Waals surface area contributed by atoms with E-state index in [0.29, 0.717) is 19.8 Å². The van der Waals surface area contributed by atoms with E-state index in [1.807, 2.05) is 18.7 Å². The summed E-state index contributed by atoms with van der Waals surface area (Å²) < 4.78 is 10.2. The first-order valence-corrected chi connectivity index (χ1v) is 4.68. The van der Waals surface area contributed by atoms with Gasteiger partial charge in [0.15, 0.2) is 0 Å². The Morgan fingerprint density at radius 3 is 3.00 bits per heavy atom. The monoisotopic (exact) mass is 187 g/mol. The Balaban J connectivity index is 2.10. The number of cyclic esters (lactones) is 1. The number of hydrogen-bond acceptors (Lipinski definition) is 4. The van der Waals surface area contributed by atoms with Gasteiger partial charge in [-0.15, -0.1) is 0 Å². The molecule has 76 valence electrons. The number of carbonyl (C=O) groups is 1. The lowest BCUT2D eigenvalue weighted by Crippen LogP contribution is -2.41. The van der Waals surface area contributed by atoms with Gasteiger partial charge in [0.25, 0.3) is 0 Å². The van der Waals surface area contributed by atoms with Gasteiger partial charge in [0.1, 0.15) is 6.61 Å². The fraction of sp³-hybridized carbons (Fsp3) is 0.889. The molecule has 0 aromatic rings. The first kappa shape index (κ1) is 10.5. The van der Waals surface area contributed by atoms with Crippen molar-refractivity contribution in [3.8, 4) is 0 Å². The molecule has 1 aliphatic rings. The van der Waals surface area contributed by atoms with Crippen molar-refractivity contribution in [1.82, 2.24) is 4.90 Å². The lowest BCUT2D eigenvalue weighted by atomic mass is 10.4. The molecule has 0 aromatic carbocycles. The lowest BCUT2D eigenvalue weighted by molar-refractivity contribution is -0.150. The summed E-state index contributed by atoms with van der Waals surface area (Å²) >= 11 is 0. The molecule has 0 radical (unpaired) electrons. The number of ether oxygens (including phenoxy) is 2. The van der Waals surface area contributed by atoms with Gasteiger partial charge in [0, 0.05) is 13.1 Å². The first-order chi connectivity index (χ1) is 6.18. The number of hydrogen-bond donors (Lipinski definition) is 0. The van der Waals surface area contributed by atoms with Gasteiger partial charge >= 0.3 is 5.97 Å². The van der Waals surface area contributed by atoms with Gasteiger partial charge in [-0.05, 0) is 13.8 Å². The molecular formula is C9H17NO3. The standard InChI is InChI=1S/C9H17NO3/c1-8(2)12-5-3-10-4-6-13-9(11)7-10/h8H,3-7H2,1-2H3. The van der Waals surface area contributed by atoms with Crippen LogP contribution < -0.4 is 0 Å². The summed E-state index contributed by atoms with van der Waals surface area (Å²) in [5, 5.41) is 0. The van der Waals surface area contributed by atoms with Crippen LogP contribution in [-0.4, -0.2) is 49.8 Å². The van der Waals surface area contributed by atoms with E-state index < -0.39 is 0 Å².